The Bertz CT molecular complexity index is 435. The Morgan fingerprint density at radius 3 is 2.43 bits per heavy atom. The van der Waals surface area contributed by atoms with E-state index in [0.717, 1.165) is 5.56 Å². The summed E-state index contributed by atoms with van der Waals surface area (Å²) in [6, 6.07) is 6.19. The van der Waals surface area contributed by atoms with E-state index in [1.54, 1.807) is 12.1 Å². The number of alkyl halides is 2. The topological polar surface area (TPSA) is 58.6 Å². The first-order valence-corrected chi connectivity index (χ1v) is 6.87. The molecule has 0 aliphatic rings. The number of aliphatic hydroxyl groups excluding tert-OH is 1. The number of aryl methyl sites for hydroxylation is 1. The minimum Gasteiger partial charge on any atom is -0.435 e. The Morgan fingerprint density at radius 1 is 1.29 bits per heavy atom. The van der Waals surface area contributed by atoms with Gasteiger partial charge in [0.05, 0.1) is 6.10 Å². The Hall–Kier alpha value is -1.69. The lowest BCUT2D eigenvalue weighted by Gasteiger charge is -2.15. The largest absolute Gasteiger partial charge is 0.435 e. The van der Waals surface area contributed by atoms with Crippen molar-refractivity contribution in [1.29, 1.82) is 0 Å². The molecule has 1 aromatic carbocycles. The molecule has 0 aliphatic carbocycles. The number of halogens is 2. The van der Waals surface area contributed by atoms with Gasteiger partial charge in [-0.1, -0.05) is 26.0 Å². The number of benzene rings is 1. The number of nitrogens with one attached hydrogen (secondary N) is 1. The third-order valence-corrected chi connectivity index (χ3v) is 3.07. The van der Waals surface area contributed by atoms with Crippen LogP contribution in [0.5, 0.6) is 5.75 Å². The zero-order valence-corrected chi connectivity index (χ0v) is 12.2. The number of aliphatic hydroxyl groups is 1. The number of carbonyl (C=O) groups excluding carboxylic acids is 1. The van der Waals surface area contributed by atoms with Crippen molar-refractivity contribution in [2.24, 2.45) is 5.92 Å². The van der Waals surface area contributed by atoms with Gasteiger partial charge in [-0.15, -0.1) is 0 Å². The summed E-state index contributed by atoms with van der Waals surface area (Å²) in [5.74, 6) is 0.0357. The van der Waals surface area contributed by atoms with Gasteiger partial charge in [-0.3, -0.25) is 4.79 Å². The maximum absolute atomic E-state index is 12.0. The molecule has 0 bridgehead atoms. The molecule has 1 unspecified atom stereocenters. The summed E-state index contributed by atoms with van der Waals surface area (Å²) < 4.78 is 28.2. The van der Waals surface area contributed by atoms with Crippen molar-refractivity contribution in [3.05, 3.63) is 29.8 Å². The van der Waals surface area contributed by atoms with E-state index in [4.69, 9.17) is 0 Å². The van der Waals surface area contributed by atoms with Crippen molar-refractivity contribution < 1.29 is 23.4 Å². The summed E-state index contributed by atoms with van der Waals surface area (Å²) in [6.07, 6.45) is 0.220. The molecule has 21 heavy (non-hydrogen) atoms. The molecular weight excluding hydrogens is 280 g/mol. The van der Waals surface area contributed by atoms with Crippen molar-refractivity contribution in [2.75, 3.05) is 6.54 Å². The molecule has 0 fully saturated rings. The van der Waals surface area contributed by atoms with E-state index in [9.17, 15) is 18.7 Å². The van der Waals surface area contributed by atoms with Gasteiger partial charge >= 0.3 is 6.61 Å². The molecule has 0 radical (unpaired) electrons. The van der Waals surface area contributed by atoms with Crippen molar-refractivity contribution in [1.82, 2.24) is 5.32 Å². The number of hydrogen-bond acceptors (Lipinski definition) is 3. The van der Waals surface area contributed by atoms with Crippen LogP contribution in [0.2, 0.25) is 0 Å². The zero-order valence-electron chi connectivity index (χ0n) is 12.2. The molecule has 1 aromatic rings. The van der Waals surface area contributed by atoms with E-state index in [2.05, 4.69) is 10.1 Å². The van der Waals surface area contributed by atoms with Crippen LogP contribution >= 0.6 is 0 Å². The first-order chi connectivity index (χ1) is 9.88. The summed E-state index contributed by atoms with van der Waals surface area (Å²) in [7, 11) is 0. The molecule has 0 aromatic heterocycles. The third-order valence-electron chi connectivity index (χ3n) is 3.07. The Kier molecular flexibility index (Phi) is 7.08. The van der Waals surface area contributed by atoms with Crippen LogP contribution in [0.4, 0.5) is 8.78 Å². The molecule has 1 atom stereocenters. The van der Waals surface area contributed by atoms with Crippen LogP contribution in [0.1, 0.15) is 25.8 Å². The van der Waals surface area contributed by atoms with Gasteiger partial charge in [-0.25, -0.2) is 0 Å². The normalized spacial score (nSPS) is 12.5. The molecule has 6 heteroatoms. The first-order valence-electron chi connectivity index (χ1n) is 6.87. The second-order valence-corrected chi connectivity index (χ2v) is 5.14. The maximum atomic E-state index is 12.0. The Morgan fingerprint density at radius 2 is 1.90 bits per heavy atom. The summed E-state index contributed by atoms with van der Waals surface area (Å²) in [5, 5.41) is 12.2. The lowest BCUT2D eigenvalue weighted by atomic mass is 10.1. The van der Waals surface area contributed by atoms with Crippen molar-refractivity contribution in [3.63, 3.8) is 0 Å². The summed E-state index contributed by atoms with van der Waals surface area (Å²) in [5.41, 5.74) is 0.858. The first kappa shape index (κ1) is 17.4. The second kappa shape index (κ2) is 8.56. The maximum Gasteiger partial charge on any atom is 0.387 e. The van der Waals surface area contributed by atoms with Crippen LogP contribution in [0.25, 0.3) is 0 Å². The molecule has 0 saturated carbocycles. The summed E-state index contributed by atoms with van der Waals surface area (Å²) in [6.45, 7) is 1.14. The molecule has 2 N–H and O–H groups in total. The number of carbonyl (C=O) groups is 1. The van der Waals surface area contributed by atoms with Crippen LogP contribution < -0.4 is 10.1 Å². The standard InChI is InChI=1S/C15H21F2NO3/c1-10(2)13(19)9-18-14(20)8-5-11-3-6-12(7-4-11)21-15(16)17/h3-4,6-7,10,13,15,19H,5,8-9H2,1-2H3,(H,18,20). The Labute approximate surface area is 123 Å². The summed E-state index contributed by atoms with van der Waals surface area (Å²) >= 11 is 0. The monoisotopic (exact) mass is 301 g/mol. The van der Waals surface area contributed by atoms with Gasteiger partial charge in [0.2, 0.25) is 5.91 Å². The predicted molar refractivity (Wildman–Crippen MR) is 75.2 cm³/mol. The number of amides is 1. The average Bonchev–Trinajstić information content (AvgIpc) is 2.43. The van der Waals surface area contributed by atoms with Crippen molar-refractivity contribution >= 4 is 5.91 Å². The van der Waals surface area contributed by atoms with Crippen LogP contribution in [-0.4, -0.2) is 30.3 Å². The third kappa shape index (κ3) is 7.04. The van der Waals surface area contributed by atoms with E-state index < -0.39 is 12.7 Å². The van der Waals surface area contributed by atoms with E-state index in [0.29, 0.717) is 6.42 Å². The fourth-order valence-corrected chi connectivity index (χ4v) is 1.64. The SMILES string of the molecule is CC(C)C(O)CNC(=O)CCc1ccc(OC(F)F)cc1. The Balaban J connectivity index is 2.32. The average molecular weight is 301 g/mol. The predicted octanol–water partition coefficient (Wildman–Crippen LogP) is 2.35. The molecule has 118 valence electrons. The highest BCUT2D eigenvalue weighted by Crippen LogP contribution is 2.15. The van der Waals surface area contributed by atoms with E-state index in [1.807, 2.05) is 13.8 Å². The highest BCUT2D eigenvalue weighted by molar-refractivity contribution is 5.76. The van der Waals surface area contributed by atoms with Gasteiger partial charge < -0.3 is 15.2 Å². The quantitative estimate of drug-likeness (QED) is 0.775. The number of hydrogen-bond donors (Lipinski definition) is 2. The van der Waals surface area contributed by atoms with Gasteiger partial charge in [0.25, 0.3) is 0 Å². The highest BCUT2D eigenvalue weighted by atomic mass is 19.3. The minimum atomic E-state index is -2.84. The lowest BCUT2D eigenvalue weighted by Crippen LogP contribution is -2.34. The molecule has 1 amide bonds. The van der Waals surface area contributed by atoms with E-state index in [-0.39, 0.29) is 30.5 Å². The molecule has 0 spiro atoms. The van der Waals surface area contributed by atoms with Crippen LogP contribution in [0.15, 0.2) is 24.3 Å². The number of rotatable bonds is 8. The van der Waals surface area contributed by atoms with E-state index >= 15 is 0 Å². The fraction of sp³-hybridized carbons (Fsp3) is 0.533. The van der Waals surface area contributed by atoms with Gasteiger partial charge in [0, 0.05) is 13.0 Å². The molecule has 0 saturated heterocycles. The van der Waals surface area contributed by atoms with Crippen LogP contribution in [0, 0.1) is 5.92 Å². The van der Waals surface area contributed by atoms with Gasteiger partial charge in [0.1, 0.15) is 5.75 Å². The smallest absolute Gasteiger partial charge is 0.387 e. The molecule has 1 rings (SSSR count). The molecule has 4 nitrogen and oxygen atoms in total. The summed E-state index contributed by atoms with van der Waals surface area (Å²) in [4.78, 5) is 11.6. The van der Waals surface area contributed by atoms with Crippen LogP contribution in [-0.2, 0) is 11.2 Å². The highest BCUT2D eigenvalue weighted by Gasteiger charge is 2.10. The van der Waals surface area contributed by atoms with Crippen LogP contribution in [0.3, 0.4) is 0 Å². The molecule has 0 heterocycles. The van der Waals surface area contributed by atoms with E-state index in [1.165, 1.54) is 12.1 Å². The lowest BCUT2D eigenvalue weighted by molar-refractivity contribution is -0.121. The minimum absolute atomic E-state index is 0.0904. The van der Waals surface area contributed by atoms with Gasteiger partial charge in [0.15, 0.2) is 0 Å². The molecular formula is C15H21F2NO3. The second-order valence-electron chi connectivity index (χ2n) is 5.14. The zero-order chi connectivity index (χ0) is 15.8. The van der Waals surface area contributed by atoms with Gasteiger partial charge in [-0.2, -0.15) is 8.78 Å². The number of ether oxygens (including phenoxy) is 1. The van der Waals surface area contributed by atoms with Gasteiger partial charge in [-0.05, 0) is 30.0 Å². The van der Waals surface area contributed by atoms with Crippen molar-refractivity contribution in [2.45, 2.75) is 39.4 Å². The fourth-order valence-electron chi connectivity index (χ4n) is 1.64. The van der Waals surface area contributed by atoms with Crippen molar-refractivity contribution in [3.8, 4) is 5.75 Å². The molecule has 0 aliphatic heterocycles.